The highest BCUT2D eigenvalue weighted by atomic mass is 19.1. The Morgan fingerprint density at radius 1 is 1.30 bits per heavy atom. The molecule has 0 atom stereocenters. The SMILES string of the molecule is NCC=C(F)COc1ccc(C(=O)N2CCCC2)cc1. The van der Waals surface area contributed by atoms with Crippen molar-refractivity contribution < 1.29 is 13.9 Å². The van der Waals surface area contributed by atoms with Gasteiger partial charge in [-0.1, -0.05) is 0 Å². The van der Waals surface area contributed by atoms with Gasteiger partial charge in [-0.15, -0.1) is 0 Å². The fourth-order valence-electron chi connectivity index (χ4n) is 2.14. The average Bonchev–Trinajstić information content (AvgIpc) is 2.99. The first-order valence-corrected chi connectivity index (χ1v) is 6.77. The summed E-state index contributed by atoms with van der Waals surface area (Å²) in [6.07, 6.45) is 3.41. The summed E-state index contributed by atoms with van der Waals surface area (Å²) in [7, 11) is 0. The van der Waals surface area contributed by atoms with Crippen LogP contribution in [0.1, 0.15) is 23.2 Å². The Balaban J connectivity index is 1.92. The van der Waals surface area contributed by atoms with E-state index in [2.05, 4.69) is 0 Å². The van der Waals surface area contributed by atoms with Crippen LogP contribution >= 0.6 is 0 Å². The first-order chi connectivity index (χ1) is 9.70. The largest absolute Gasteiger partial charge is 0.487 e. The molecule has 1 amide bonds. The first-order valence-electron chi connectivity index (χ1n) is 6.77. The van der Waals surface area contributed by atoms with Gasteiger partial charge in [0, 0.05) is 25.2 Å². The van der Waals surface area contributed by atoms with Gasteiger partial charge in [-0.25, -0.2) is 4.39 Å². The predicted octanol–water partition coefficient (Wildman–Crippen LogP) is 2.11. The molecule has 1 saturated heterocycles. The summed E-state index contributed by atoms with van der Waals surface area (Å²) < 4.78 is 18.4. The molecule has 0 radical (unpaired) electrons. The van der Waals surface area contributed by atoms with Gasteiger partial charge in [0.05, 0.1) is 0 Å². The zero-order valence-corrected chi connectivity index (χ0v) is 11.3. The minimum atomic E-state index is -0.398. The lowest BCUT2D eigenvalue weighted by Gasteiger charge is -2.15. The number of carbonyl (C=O) groups is 1. The molecule has 2 N–H and O–H groups in total. The van der Waals surface area contributed by atoms with Crippen LogP contribution in [-0.2, 0) is 0 Å². The van der Waals surface area contributed by atoms with Crippen LogP contribution in [0.4, 0.5) is 4.39 Å². The maximum absolute atomic E-state index is 13.1. The van der Waals surface area contributed by atoms with Crippen molar-refractivity contribution in [3.05, 3.63) is 41.7 Å². The van der Waals surface area contributed by atoms with Crippen molar-refractivity contribution in [3.63, 3.8) is 0 Å². The van der Waals surface area contributed by atoms with E-state index in [1.807, 2.05) is 4.90 Å². The first kappa shape index (κ1) is 14.5. The van der Waals surface area contributed by atoms with Crippen molar-refractivity contribution in [2.24, 2.45) is 5.73 Å². The third kappa shape index (κ3) is 3.81. The molecule has 1 fully saturated rings. The second kappa shape index (κ2) is 7.05. The van der Waals surface area contributed by atoms with E-state index in [-0.39, 0.29) is 19.1 Å². The minimum absolute atomic E-state index is 0.0447. The van der Waals surface area contributed by atoms with Gasteiger partial charge in [0.2, 0.25) is 0 Å². The van der Waals surface area contributed by atoms with Crippen molar-refractivity contribution in [1.29, 1.82) is 0 Å². The number of ether oxygens (including phenoxy) is 1. The highest BCUT2D eigenvalue weighted by Crippen LogP contribution is 2.17. The maximum atomic E-state index is 13.1. The Hall–Kier alpha value is -1.88. The number of hydrogen-bond acceptors (Lipinski definition) is 3. The van der Waals surface area contributed by atoms with Crippen LogP contribution < -0.4 is 10.5 Å². The Bertz CT molecular complexity index is 479. The van der Waals surface area contributed by atoms with E-state index < -0.39 is 5.83 Å². The topological polar surface area (TPSA) is 55.6 Å². The van der Waals surface area contributed by atoms with Gasteiger partial charge < -0.3 is 15.4 Å². The monoisotopic (exact) mass is 278 g/mol. The van der Waals surface area contributed by atoms with Crippen LogP contribution in [0.3, 0.4) is 0 Å². The number of nitrogens with two attached hydrogens (primary N) is 1. The third-order valence-corrected chi connectivity index (χ3v) is 3.21. The fourth-order valence-corrected chi connectivity index (χ4v) is 2.14. The van der Waals surface area contributed by atoms with E-state index in [0.29, 0.717) is 11.3 Å². The van der Waals surface area contributed by atoms with E-state index in [9.17, 15) is 9.18 Å². The molecule has 0 saturated carbocycles. The van der Waals surface area contributed by atoms with Crippen molar-refractivity contribution in [2.75, 3.05) is 26.2 Å². The average molecular weight is 278 g/mol. The lowest BCUT2D eigenvalue weighted by Crippen LogP contribution is -2.27. The van der Waals surface area contributed by atoms with Crippen LogP contribution in [0.5, 0.6) is 5.75 Å². The van der Waals surface area contributed by atoms with Crippen LogP contribution in [0.25, 0.3) is 0 Å². The highest BCUT2D eigenvalue weighted by molar-refractivity contribution is 5.94. The molecule has 0 spiro atoms. The van der Waals surface area contributed by atoms with Gasteiger partial charge in [-0.2, -0.15) is 0 Å². The van der Waals surface area contributed by atoms with Crippen LogP contribution in [-0.4, -0.2) is 37.0 Å². The van der Waals surface area contributed by atoms with E-state index in [4.69, 9.17) is 10.5 Å². The summed E-state index contributed by atoms with van der Waals surface area (Å²) in [5.41, 5.74) is 5.83. The second-order valence-corrected chi connectivity index (χ2v) is 4.70. The number of hydrogen-bond donors (Lipinski definition) is 1. The molecule has 1 aromatic rings. The van der Waals surface area contributed by atoms with Gasteiger partial charge in [0.15, 0.2) is 0 Å². The molecule has 1 aliphatic heterocycles. The molecule has 20 heavy (non-hydrogen) atoms. The molecule has 0 bridgehead atoms. The van der Waals surface area contributed by atoms with E-state index in [1.54, 1.807) is 24.3 Å². The summed E-state index contributed by atoms with van der Waals surface area (Å²) in [4.78, 5) is 14.0. The molecule has 0 aliphatic carbocycles. The smallest absolute Gasteiger partial charge is 0.253 e. The molecule has 0 aromatic heterocycles. The van der Waals surface area contributed by atoms with E-state index in [0.717, 1.165) is 25.9 Å². The lowest BCUT2D eigenvalue weighted by molar-refractivity contribution is 0.0793. The number of amides is 1. The molecular formula is C15H19FN2O2. The number of benzene rings is 1. The summed E-state index contributed by atoms with van der Waals surface area (Å²) >= 11 is 0. The van der Waals surface area contributed by atoms with Crippen LogP contribution in [0.2, 0.25) is 0 Å². The molecule has 108 valence electrons. The number of rotatable bonds is 5. The maximum Gasteiger partial charge on any atom is 0.253 e. The molecule has 1 aromatic carbocycles. The minimum Gasteiger partial charge on any atom is -0.487 e. The third-order valence-electron chi connectivity index (χ3n) is 3.21. The van der Waals surface area contributed by atoms with E-state index >= 15 is 0 Å². The van der Waals surface area contributed by atoms with Gasteiger partial charge in [-0.3, -0.25) is 4.79 Å². The zero-order chi connectivity index (χ0) is 14.4. The van der Waals surface area contributed by atoms with E-state index in [1.165, 1.54) is 6.08 Å². The Labute approximate surface area is 118 Å². The summed E-state index contributed by atoms with van der Waals surface area (Å²) in [5.74, 6) is 0.177. The van der Waals surface area contributed by atoms with Crippen LogP contribution in [0.15, 0.2) is 36.2 Å². The number of carbonyl (C=O) groups excluding carboxylic acids is 1. The number of halogens is 1. The Morgan fingerprint density at radius 2 is 1.95 bits per heavy atom. The van der Waals surface area contributed by atoms with Crippen LogP contribution in [0, 0.1) is 0 Å². The predicted molar refractivity (Wildman–Crippen MR) is 75.3 cm³/mol. The van der Waals surface area contributed by atoms with Gasteiger partial charge in [0.1, 0.15) is 18.2 Å². The number of likely N-dealkylation sites (tertiary alicyclic amines) is 1. The van der Waals surface area contributed by atoms with Crippen molar-refractivity contribution in [2.45, 2.75) is 12.8 Å². The second-order valence-electron chi connectivity index (χ2n) is 4.70. The molecule has 2 rings (SSSR count). The molecule has 1 aliphatic rings. The normalized spacial score (nSPS) is 15.5. The quantitative estimate of drug-likeness (QED) is 0.897. The molecule has 1 heterocycles. The Morgan fingerprint density at radius 3 is 2.55 bits per heavy atom. The highest BCUT2D eigenvalue weighted by Gasteiger charge is 2.19. The molecule has 0 unspecified atom stereocenters. The standard InChI is InChI=1S/C15H19FN2O2/c16-13(7-8-17)11-20-14-5-3-12(4-6-14)15(19)18-9-1-2-10-18/h3-7H,1-2,8-11,17H2. The molecule has 5 heteroatoms. The van der Waals surface area contributed by atoms with Gasteiger partial charge in [-0.05, 0) is 43.2 Å². The fraction of sp³-hybridized carbons (Fsp3) is 0.400. The molecular weight excluding hydrogens is 259 g/mol. The van der Waals surface area contributed by atoms with Crippen molar-refractivity contribution in [3.8, 4) is 5.75 Å². The summed E-state index contributed by atoms with van der Waals surface area (Å²) in [6, 6.07) is 6.78. The zero-order valence-electron chi connectivity index (χ0n) is 11.3. The molecule has 4 nitrogen and oxygen atoms in total. The lowest BCUT2D eigenvalue weighted by atomic mass is 10.2. The van der Waals surface area contributed by atoms with Crippen molar-refractivity contribution in [1.82, 2.24) is 4.90 Å². The summed E-state index contributed by atoms with van der Waals surface area (Å²) in [6.45, 7) is 1.66. The summed E-state index contributed by atoms with van der Waals surface area (Å²) in [5, 5.41) is 0. The van der Waals surface area contributed by atoms with Gasteiger partial charge in [0.25, 0.3) is 5.91 Å². The van der Waals surface area contributed by atoms with Gasteiger partial charge >= 0.3 is 0 Å². The van der Waals surface area contributed by atoms with Crippen molar-refractivity contribution >= 4 is 5.91 Å². The number of nitrogens with zero attached hydrogens (tertiary/aromatic N) is 1. The Kier molecular flexibility index (Phi) is 5.12.